The van der Waals surface area contributed by atoms with E-state index in [0.717, 1.165) is 18.5 Å². The number of aromatic nitrogens is 6. The highest BCUT2D eigenvalue weighted by molar-refractivity contribution is 6.06. The van der Waals surface area contributed by atoms with Crippen molar-refractivity contribution in [2.75, 3.05) is 10.6 Å². The second-order valence-electron chi connectivity index (χ2n) is 5.88. The number of nitrogens with one attached hydrogen (secondary N) is 2. The van der Waals surface area contributed by atoms with E-state index in [1.54, 1.807) is 42.7 Å². The van der Waals surface area contributed by atoms with Crippen LogP contribution in [0.1, 0.15) is 34.9 Å². The highest BCUT2D eigenvalue weighted by atomic mass is 16.1. The van der Waals surface area contributed by atoms with Gasteiger partial charge in [0.2, 0.25) is 0 Å². The number of anilines is 3. The van der Waals surface area contributed by atoms with E-state index < -0.39 is 0 Å². The molecule has 9 heteroatoms. The number of amides is 1. The van der Waals surface area contributed by atoms with Crippen LogP contribution >= 0.6 is 0 Å². The molecule has 9 nitrogen and oxygen atoms in total. The zero-order valence-corrected chi connectivity index (χ0v) is 13.5. The summed E-state index contributed by atoms with van der Waals surface area (Å²) >= 11 is 0. The Balaban J connectivity index is 1.64. The van der Waals surface area contributed by atoms with Crippen LogP contribution in [0.5, 0.6) is 0 Å². The summed E-state index contributed by atoms with van der Waals surface area (Å²) < 4.78 is 1.61. The van der Waals surface area contributed by atoms with Crippen molar-refractivity contribution < 1.29 is 4.79 Å². The van der Waals surface area contributed by atoms with E-state index in [1.807, 2.05) is 0 Å². The third-order valence-corrected chi connectivity index (χ3v) is 3.79. The van der Waals surface area contributed by atoms with Gasteiger partial charge in [-0.05, 0) is 12.8 Å². The fraction of sp³-hybridized carbons (Fsp3) is 0.250. The molecule has 2 N–H and O–H groups in total. The summed E-state index contributed by atoms with van der Waals surface area (Å²) in [6.07, 6.45) is 11.8. The zero-order valence-electron chi connectivity index (χ0n) is 13.5. The molecule has 0 aliphatic heterocycles. The molecule has 0 bridgehead atoms. The lowest BCUT2D eigenvalue weighted by atomic mass is 10.2. The Morgan fingerprint density at radius 2 is 1.96 bits per heavy atom. The Morgan fingerprint density at radius 1 is 1.16 bits per heavy atom. The molecule has 4 rings (SSSR count). The Bertz CT molecular complexity index is 904. The van der Waals surface area contributed by atoms with Gasteiger partial charge in [0, 0.05) is 19.2 Å². The van der Waals surface area contributed by atoms with Crippen molar-refractivity contribution in [2.45, 2.75) is 18.8 Å². The fourth-order valence-electron chi connectivity index (χ4n) is 2.40. The van der Waals surface area contributed by atoms with Gasteiger partial charge in [-0.2, -0.15) is 5.10 Å². The fourth-order valence-corrected chi connectivity index (χ4v) is 2.40. The molecule has 3 heterocycles. The molecule has 0 atom stereocenters. The molecule has 1 aliphatic carbocycles. The summed E-state index contributed by atoms with van der Waals surface area (Å²) in [6, 6.07) is 0. The Hall–Kier alpha value is -3.36. The number of nitrogens with zero attached hydrogens (tertiary/aromatic N) is 6. The van der Waals surface area contributed by atoms with Crippen molar-refractivity contribution >= 4 is 23.1 Å². The van der Waals surface area contributed by atoms with E-state index in [0.29, 0.717) is 23.1 Å². The van der Waals surface area contributed by atoms with Crippen molar-refractivity contribution in [1.29, 1.82) is 0 Å². The molecule has 0 aromatic carbocycles. The van der Waals surface area contributed by atoms with E-state index in [1.165, 1.54) is 6.33 Å². The number of carbonyl (C=O) groups excluding carboxylic acids is 1. The Labute approximate surface area is 143 Å². The molecule has 0 spiro atoms. The maximum Gasteiger partial charge on any atom is 0.278 e. The summed E-state index contributed by atoms with van der Waals surface area (Å²) in [5, 5.41) is 9.89. The molecule has 126 valence electrons. The normalized spacial score (nSPS) is 13.5. The van der Waals surface area contributed by atoms with Gasteiger partial charge < -0.3 is 10.6 Å². The van der Waals surface area contributed by atoms with Crippen molar-refractivity contribution in [3.05, 3.63) is 48.7 Å². The predicted octanol–water partition coefficient (Wildman–Crippen LogP) is 1.87. The van der Waals surface area contributed by atoms with Crippen LogP contribution in [0.15, 0.2) is 37.3 Å². The second-order valence-corrected chi connectivity index (χ2v) is 5.88. The maximum absolute atomic E-state index is 12.7. The van der Waals surface area contributed by atoms with E-state index in [2.05, 4.69) is 35.7 Å². The SMILES string of the molecule is Cn1cc(NC(=O)c2nc(C3CC3)cnc2Nc2cncnc2)cn1. The quantitative estimate of drug-likeness (QED) is 0.731. The van der Waals surface area contributed by atoms with Gasteiger partial charge in [0.15, 0.2) is 11.5 Å². The average Bonchev–Trinajstić information content (AvgIpc) is 3.39. The van der Waals surface area contributed by atoms with Crippen molar-refractivity contribution in [3.8, 4) is 0 Å². The number of hydrogen-bond donors (Lipinski definition) is 2. The first-order chi connectivity index (χ1) is 12.2. The minimum atomic E-state index is -0.345. The monoisotopic (exact) mass is 336 g/mol. The molecule has 25 heavy (non-hydrogen) atoms. The third-order valence-electron chi connectivity index (χ3n) is 3.79. The summed E-state index contributed by atoms with van der Waals surface area (Å²) in [5.74, 6) is 0.412. The molecular formula is C16H16N8O. The highest BCUT2D eigenvalue weighted by Crippen LogP contribution is 2.39. The topological polar surface area (TPSA) is 111 Å². The number of carbonyl (C=O) groups is 1. The first-order valence-corrected chi connectivity index (χ1v) is 7.88. The molecule has 1 aliphatic rings. The largest absolute Gasteiger partial charge is 0.336 e. The first-order valence-electron chi connectivity index (χ1n) is 7.88. The molecule has 1 fully saturated rings. The van der Waals surface area contributed by atoms with Crippen LogP contribution in [0.2, 0.25) is 0 Å². The zero-order chi connectivity index (χ0) is 17.2. The van der Waals surface area contributed by atoms with Crippen LogP contribution in [0, 0.1) is 0 Å². The van der Waals surface area contributed by atoms with Crippen molar-refractivity contribution in [1.82, 2.24) is 29.7 Å². The molecular weight excluding hydrogens is 320 g/mol. The Kier molecular flexibility index (Phi) is 3.81. The van der Waals surface area contributed by atoms with Gasteiger partial charge in [0.25, 0.3) is 5.91 Å². The van der Waals surface area contributed by atoms with E-state index in [-0.39, 0.29) is 11.6 Å². The van der Waals surface area contributed by atoms with E-state index in [9.17, 15) is 4.79 Å². The van der Waals surface area contributed by atoms with Crippen LogP contribution in [-0.2, 0) is 7.05 Å². The molecule has 1 saturated carbocycles. The molecule has 3 aromatic heterocycles. The molecule has 0 radical (unpaired) electrons. The van der Waals surface area contributed by atoms with Gasteiger partial charge >= 0.3 is 0 Å². The lowest BCUT2D eigenvalue weighted by molar-refractivity contribution is 0.102. The lowest BCUT2D eigenvalue weighted by Gasteiger charge is -2.11. The number of rotatable bonds is 5. The van der Waals surface area contributed by atoms with Crippen molar-refractivity contribution in [2.24, 2.45) is 7.05 Å². The second kappa shape index (κ2) is 6.27. The molecule has 1 amide bonds. The summed E-state index contributed by atoms with van der Waals surface area (Å²) in [5.41, 5.74) is 2.30. The number of hydrogen-bond acceptors (Lipinski definition) is 7. The molecule has 3 aromatic rings. The summed E-state index contributed by atoms with van der Waals surface area (Å²) in [6.45, 7) is 0. The van der Waals surface area contributed by atoms with Crippen LogP contribution in [-0.4, -0.2) is 35.6 Å². The molecule has 0 saturated heterocycles. The standard InChI is InChI=1S/C16H16N8O/c1-24-8-12(6-20-24)22-16(25)14-15(21-11-4-17-9-18-5-11)19-7-13(23-14)10-2-3-10/h4-10H,2-3H2,1H3,(H,19,21)(H,22,25). The van der Waals surface area contributed by atoms with Crippen LogP contribution in [0.4, 0.5) is 17.2 Å². The Morgan fingerprint density at radius 3 is 2.64 bits per heavy atom. The average molecular weight is 336 g/mol. The van der Waals surface area contributed by atoms with Gasteiger partial charge in [-0.1, -0.05) is 0 Å². The van der Waals surface area contributed by atoms with Gasteiger partial charge in [0.05, 0.1) is 41.9 Å². The summed E-state index contributed by atoms with van der Waals surface area (Å²) in [7, 11) is 1.78. The summed E-state index contributed by atoms with van der Waals surface area (Å²) in [4.78, 5) is 29.5. The van der Waals surface area contributed by atoms with Crippen LogP contribution < -0.4 is 10.6 Å². The van der Waals surface area contributed by atoms with Crippen molar-refractivity contribution in [3.63, 3.8) is 0 Å². The van der Waals surface area contributed by atoms with Gasteiger partial charge in [0.1, 0.15) is 6.33 Å². The van der Waals surface area contributed by atoms with E-state index >= 15 is 0 Å². The molecule has 0 unspecified atom stereocenters. The lowest BCUT2D eigenvalue weighted by Crippen LogP contribution is -2.17. The minimum absolute atomic E-state index is 0.233. The van der Waals surface area contributed by atoms with E-state index in [4.69, 9.17) is 0 Å². The smallest absolute Gasteiger partial charge is 0.278 e. The highest BCUT2D eigenvalue weighted by Gasteiger charge is 2.27. The van der Waals surface area contributed by atoms with Gasteiger partial charge in [-0.25, -0.2) is 19.9 Å². The number of aryl methyl sites for hydroxylation is 1. The maximum atomic E-state index is 12.7. The third kappa shape index (κ3) is 3.44. The van der Waals surface area contributed by atoms with Gasteiger partial charge in [-0.15, -0.1) is 0 Å². The van der Waals surface area contributed by atoms with Gasteiger partial charge in [-0.3, -0.25) is 9.48 Å². The predicted molar refractivity (Wildman–Crippen MR) is 90.5 cm³/mol. The van der Waals surface area contributed by atoms with Crippen LogP contribution in [0.3, 0.4) is 0 Å². The first kappa shape index (κ1) is 15.2. The van der Waals surface area contributed by atoms with Crippen LogP contribution in [0.25, 0.3) is 0 Å². The minimum Gasteiger partial charge on any atom is -0.336 e.